The van der Waals surface area contributed by atoms with Gasteiger partial charge in [0.2, 0.25) is 15.9 Å². The Hall–Kier alpha value is -1.51. The molecule has 1 unspecified atom stereocenters. The van der Waals surface area contributed by atoms with Gasteiger partial charge < -0.3 is 10.2 Å². The third kappa shape index (κ3) is 7.39. The minimum Gasteiger partial charge on any atom is -0.326 e. The summed E-state index contributed by atoms with van der Waals surface area (Å²) in [5.74, 6) is -0.0905. The Morgan fingerprint density at radius 1 is 1.23 bits per heavy atom. The van der Waals surface area contributed by atoms with Gasteiger partial charge in [-0.2, -0.15) is 0 Å². The summed E-state index contributed by atoms with van der Waals surface area (Å²) in [5, 5.41) is 2.15. The second kappa shape index (κ2) is 9.43. The number of benzene rings is 1. The number of nitrogens with one attached hydrogen (secondary N) is 2. The van der Waals surface area contributed by atoms with Crippen LogP contribution in [0.3, 0.4) is 0 Å². The molecule has 0 saturated heterocycles. The van der Waals surface area contributed by atoms with Crippen LogP contribution in [0.4, 0.5) is 10.1 Å². The van der Waals surface area contributed by atoms with E-state index in [1.807, 2.05) is 19.0 Å². The lowest BCUT2D eigenvalue weighted by atomic mass is 9.98. The van der Waals surface area contributed by atoms with Gasteiger partial charge in [-0.05, 0) is 65.5 Å². The lowest BCUT2D eigenvalue weighted by molar-refractivity contribution is -0.116. The molecular formula is C18H30FN3O3S. The Morgan fingerprint density at radius 3 is 2.31 bits per heavy atom. The topological polar surface area (TPSA) is 78.5 Å². The van der Waals surface area contributed by atoms with E-state index in [1.165, 1.54) is 20.8 Å². The number of nitrogens with zero attached hydrogens (tertiary/aromatic N) is 1. The van der Waals surface area contributed by atoms with Gasteiger partial charge in [-0.25, -0.2) is 17.5 Å². The number of anilines is 1. The number of alkyl halides is 1. The van der Waals surface area contributed by atoms with Crippen molar-refractivity contribution in [3.63, 3.8) is 0 Å². The second-order valence-electron chi connectivity index (χ2n) is 7.14. The summed E-state index contributed by atoms with van der Waals surface area (Å²) < 4.78 is 40.7. The molecule has 26 heavy (non-hydrogen) atoms. The van der Waals surface area contributed by atoms with Gasteiger partial charge in [0.25, 0.3) is 0 Å². The first-order valence-corrected chi connectivity index (χ1v) is 10.2. The van der Waals surface area contributed by atoms with E-state index in [1.54, 1.807) is 24.3 Å². The van der Waals surface area contributed by atoms with Crippen LogP contribution in [0, 0.1) is 0 Å². The lowest BCUT2D eigenvalue weighted by Crippen LogP contribution is -2.39. The number of hydrogen-bond donors (Lipinski definition) is 2. The molecule has 0 fully saturated rings. The van der Waals surface area contributed by atoms with Crippen molar-refractivity contribution in [1.82, 2.24) is 9.62 Å². The van der Waals surface area contributed by atoms with Crippen molar-refractivity contribution in [2.75, 3.05) is 32.5 Å². The van der Waals surface area contributed by atoms with Crippen molar-refractivity contribution in [2.24, 2.45) is 0 Å². The number of halogens is 1. The second-order valence-corrected chi connectivity index (χ2v) is 9.47. The van der Waals surface area contributed by atoms with E-state index in [4.69, 9.17) is 0 Å². The predicted octanol–water partition coefficient (Wildman–Crippen LogP) is 2.48. The van der Waals surface area contributed by atoms with Crippen molar-refractivity contribution in [3.8, 4) is 0 Å². The van der Waals surface area contributed by atoms with Crippen molar-refractivity contribution in [2.45, 2.75) is 44.5 Å². The van der Waals surface area contributed by atoms with Gasteiger partial charge >= 0.3 is 0 Å². The van der Waals surface area contributed by atoms with Gasteiger partial charge in [-0.3, -0.25) is 4.79 Å². The van der Waals surface area contributed by atoms with Crippen LogP contribution in [0.1, 0.15) is 39.2 Å². The van der Waals surface area contributed by atoms with Crippen molar-refractivity contribution in [1.29, 1.82) is 0 Å². The Bertz CT molecular complexity index is 686. The number of carbonyl (C=O) groups excluding carboxylic acids is 1. The first kappa shape index (κ1) is 22.5. The average molecular weight is 388 g/mol. The molecule has 0 aliphatic carbocycles. The van der Waals surface area contributed by atoms with E-state index in [0.29, 0.717) is 17.7 Å². The van der Waals surface area contributed by atoms with Crippen molar-refractivity contribution in [3.05, 3.63) is 29.8 Å². The summed E-state index contributed by atoms with van der Waals surface area (Å²) in [6.07, 6.45) is 1.17. The molecule has 0 radical (unpaired) electrons. The zero-order chi connectivity index (χ0) is 20.0. The highest BCUT2D eigenvalue weighted by Crippen LogP contribution is 2.26. The number of rotatable bonds is 10. The Morgan fingerprint density at radius 2 is 1.81 bits per heavy atom. The maximum absolute atomic E-state index is 14.8. The summed E-state index contributed by atoms with van der Waals surface area (Å²) in [6.45, 7) is 4.88. The molecule has 0 heterocycles. The molecule has 1 atom stereocenters. The van der Waals surface area contributed by atoms with Crippen LogP contribution >= 0.6 is 0 Å². The number of carbonyl (C=O) groups is 1. The zero-order valence-electron chi connectivity index (χ0n) is 16.2. The first-order valence-electron chi connectivity index (χ1n) is 8.66. The lowest BCUT2D eigenvalue weighted by Gasteiger charge is -2.22. The largest absolute Gasteiger partial charge is 0.326 e. The van der Waals surface area contributed by atoms with Crippen LogP contribution in [0.2, 0.25) is 0 Å². The van der Waals surface area contributed by atoms with Crippen LogP contribution in [0.25, 0.3) is 0 Å². The third-order valence-electron chi connectivity index (χ3n) is 4.01. The van der Waals surface area contributed by atoms with E-state index in [9.17, 15) is 17.6 Å². The van der Waals surface area contributed by atoms with Crippen LogP contribution < -0.4 is 10.0 Å². The van der Waals surface area contributed by atoms with Crippen LogP contribution in [-0.4, -0.2) is 51.7 Å². The smallest absolute Gasteiger partial charge is 0.224 e. The van der Waals surface area contributed by atoms with Crippen LogP contribution in [0.15, 0.2) is 24.3 Å². The summed E-state index contributed by atoms with van der Waals surface area (Å²) in [4.78, 5) is 13.9. The quantitative estimate of drug-likeness (QED) is 0.646. The van der Waals surface area contributed by atoms with Gasteiger partial charge in [0.05, 0.1) is 5.25 Å². The van der Waals surface area contributed by atoms with Crippen molar-refractivity contribution >= 4 is 21.6 Å². The minimum absolute atomic E-state index is 0.0905. The van der Waals surface area contributed by atoms with Crippen LogP contribution in [0.5, 0.6) is 0 Å². The predicted molar refractivity (Wildman–Crippen MR) is 103 cm³/mol. The number of sulfonamides is 1. The number of amides is 1. The van der Waals surface area contributed by atoms with E-state index < -0.39 is 20.9 Å². The molecule has 0 aliphatic rings. The highest BCUT2D eigenvalue weighted by molar-refractivity contribution is 7.90. The van der Waals surface area contributed by atoms with Gasteiger partial charge in [0.1, 0.15) is 5.67 Å². The number of hydrogen-bond acceptors (Lipinski definition) is 4. The Kier molecular flexibility index (Phi) is 8.17. The molecule has 0 spiro atoms. The van der Waals surface area contributed by atoms with Gasteiger partial charge in [0.15, 0.2) is 0 Å². The standard InChI is InChI=1S/C18H30FN3O3S/c1-14(2)26(24,25)20-13-18(3,19)15-8-10-16(11-9-15)21-17(23)7-6-12-22(4)5/h8-11,14,20H,6-7,12-13H2,1-5H3,(H,21,23). The maximum Gasteiger partial charge on any atom is 0.224 e. The summed E-state index contributed by atoms with van der Waals surface area (Å²) in [6, 6.07) is 6.35. The van der Waals surface area contributed by atoms with Gasteiger partial charge in [-0.1, -0.05) is 12.1 Å². The van der Waals surface area contributed by atoms with Crippen LogP contribution in [-0.2, 0) is 20.5 Å². The maximum atomic E-state index is 14.8. The van der Waals surface area contributed by atoms with E-state index >= 15 is 0 Å². The summed E-state index contributed by atoms with van der Waals surface area (Å²) in [7, 11) is 0.372. The third-order valence-corrected chi connectivity index (χ3v) is 5.79. The van der Waals surface area contributed by atoms with E-state index in [2.05, 4.69) is 10.0 Å². The molecule has 2 N–H and O–H groups in total. The van der Waals surface area contributed by atoms with Gasteiger partial charge in [0, 0.05) is 18.7 Å². The molecule has 1 aromatic rings. The molecule has 0 bridgehead atoms. The SMILES string of the molecule is CC(C)S(=O)(=O)NCC(C)(F)c1ccc(NC(=O)CCCN(C)C)cc1. The van der Waals surface area contributed by atoms with Crippen molar-refractivity contribution < 1.29 is 17.6 Å². The molecule has 6 nitrogen and oxygen atoms in total. The average Bonchev–Trinajstić information content (AvgIpc) is 2.53. The molecule has 148 valence electrons. The Balaban J connectivity index is 2.63. The van der Waals surface area contributed by atoms with Gasteiger partial charge in [-0.15, -0.1) is 0 Å². The highest BCUT2D eigenvalue weighted by atomic mass is 32.2. The fraction of sp³-hybridized carbons (Fsp3) is 0.611. The molecule has 0 aromatic heterocycles. The molecule has 8 heteroatoms. The molecule has 1 amide bonds. The zero-order valence-corrected chi connectivity index (χ0v) is 17.0. The van der Waals surface area contributed by atoms with E-state index in [-0.39, 0.29) is 12.5 Å². The fourth-order valence-corrected chi connectivity index (χ4v) is 2.99. The molecule has 1 rings (SSSR count). The normalized spacial score (nSPS) is 14.5. The highest BCUT2D eigenvalue weighted by Gasteiger charge is 2.28. The monoisotopic (exact) mass is 387 g/mol. The first-order chi connectivity index (χ1) is 11.9. The summed E-state index contributed by atoms with van der Waals surface area (Å²) in [5.41, 5.74) is -0.923. The molecule has 0 aliphatic heterocycles. The van der Waals surface area contributed by atoms with E-state index in [0.717, 1.165) is 13.0 Å². The molecule has 1 aromatic carbocycles. The fourth-order valence-electron chi connectivity index (χ4n) is 2.19. The Labute approximate surface area is 156 Å². The summed E-state index contributed by atoms with van der Waals surface area (Å²) >= 11 is 0. The minimum atomic E-state index is -3.53. The molecular weight excluding hydrogens is 357 g/mol. The molecule has 0 saturated carbocycles.